The number of hydrogen-bond acceptors (Lipinski definition) is 5. The molecule has 0 radical (unpaired) electrons. The van der Waals surface area contributed by atoms with E-state index >= 15 is 0 Å². The van der Waals surface area contributed by atoms with Crippen LogP contribution in [0.15, 0.2) is 91.8 Å². The molecule has 5 aromatic heterocycles. The van der Waals surface area contributed by atoms with Gasteiger partial charge in [0, 0.05) is 36.5 Å². The molecule has 32 heavy (non-hydrogen) atoms. The second-order valence-electron chi connectivity index (χ2n) is 7.39. The zero-order valence-electron chi connectivity index (χ0n) is 17.0. The number of aromatic nitrogens is 8. The summed E-state index contributed by atoms with van der Waals surface area (Å²) in [7, 11) is 0. The highest BCUT2D eigenvalue weighted by atomic mass is 15.3. The van der Waals surface area contributed by atoms with Crippen molar-refractivity contribution in [1.82, 2.24) is 39.5 Å². The summed E-state index contributed by atoms with van der Waals surface area (Å²) < 4.78 is 3.75. The quantitative estimate of drug-likeness (QED) is 0.455. The molecule has 0 aliphatic rings. The molecule has 0 aliphatic heterocycles. The number of benzene rings is 1. The van der Waals surface area contributed by atoms with Gasteiger partial charge in [0.05, 0.1) is 24.0 Å². The minimum Gasteiger partial charge on any atom is -0.335 e. The molecule has 154 valence electrons. The van der Waals surface area contributed by atoms with Crippen LogP contribution in [0.25, 0.3) is 39.5 Å². The van der Waals surface area contributed by atoms with E-state index in [2.05, 4.69) is 20.1 Å². The lowest BCUT2D eigenvalue weighted by Crippen LogP contribution is -2.02. The van der Waals surface area contributed by atoms with Crippen molar-refractivity contribution < 1.29 is 0 Å². The zero-order valence-corrected chi connectivity index (χ0v) is 17.0. The Morgan fingerprint density at radius 3 is 2.53 bits per heavy atom. The van der Waals surface area contributed by atoms with Crippen LogP contribution in [0.4, 0.5) is 0 Å². The first-order valence-corrected chi connectivity index (χ1v) is 10.2. The number of H-pyrrole nitrogens is 1. The summed E-state index contributed by atoms with van der Waals surface area (Å²) in [4.78, 5) is 16.6. The topological polar surface area (TPSA) is 90.1 Å². The van der Waals surface area contributed by atoms with Crippen molar-refractivity contribution in [2.45, 2.75) is 6.54 Å². The largest absolute Gasteiger partial charge is 0.335 e. The molecule has 1 N–H and O–H groups in total. The normalized spacial score (nSPS) is 11.2. The van der Waals surface area contributed by atoms with E-state index in [0.29, 0.717) is 6.54 Å². The summed E-state index contributed by atoms with van der Waals surface area (Å²) >= 11 is 0. The second-order valence-corrected chi connectivity index (χ2v) is 7.39. The molecule has 6 aromatic rings. The number of fused-ring (bicyclic) bond motifs is 1. The van der Waals surface area contributed by atoms with E-state index in [4.69, 9.17) is 10.1 Å². The zero-order chi connectivity index (χ0) is 21.3. The second kappa shape index (κ2) is 7.59. The van der Waals surface area contributed by atoms with E-state index < -0.39 is 0 Å². The number of rotatable bonds is 5. The lowest BCUT2D eigenvalue weighted by molar-refractivity contribution is 0.702. The molecule has 0 unspecified atom stereocenters. The Hall–Kier alpha value is -4.59. The van der Waals surface area contributed by atoms with Crippen molar-refractivity contribution in [2.24, 2.45) is 0 Å². The first-order chi connectivity index (χ1) is 15.8. The molecule has 0 aliphatic carbocycles. The predicted octanol–water partition coefficient (Wildman–Crippen LogP) is 4.12. The van der Waals surface area contributed by atoms with Crippen molar-refractivity contribution in [3.63, 3.8) is 0 Å². The van der Waals surface area contributed by atoms with Gasteiger partial charge < -0.3 is 4.98 Å². The summed E-state index contributed by atoms with van der Waals surface area (Å²) in [5.74, 6) is 0.742. The van der Waals surface area contributed by atoms with E-state index in [9.17, 15) is 0 Å². The van der Waals surface area contributed by atoms with Crippen LogP contribution >= 0.6 is 0 Å². The van der Waals surface area contributed by atoms with Crippen molar-refractivity contribution >= 4 is 11.2 Å². The molecule has 8 heteroatoms. The Morgan fingerprint density at radius 1 is 0.844 bits per heavy atom. The highest BCUT2D eigenvalue weighted by Crippen LogP contribution is 2.31. The van der Waals surface area contributed by atoms with Gasteiger partial charge in [-0.2, -0.15) is 10.2 Å². The summed E-state index contributed by atoms with van der Waals surface area (Å²) in [6.07, 6.45) is 10.9. The number of para-hydroxylation sites is 1. The number of imidazole rings is 1. The molecular formula is C24H18N8. The third-order valence-corrected chi connectivity index (χ3v) is 5.28. The van der Waals surface area contributed by atoms with Crippen molar-refractivity contribution in [3.8, 4) is 28.3 Å². The lowest BCUT2D eigenvalue weighted by atomic mass is 10.1. The van der Waals surface area contributed by atoms with Crippen LogP contribution in [0.5, 0.6) is 0 Å². The Bertz CT molecular complexity index is 1480. The van der Waals surface area contributed by atoms with Crippen LogP contribution in [0.1, 0.15) is 5.56 Å². The SMILES string of the molecule is c1ccc(-n2cc(-c3nc4c(cnn4Cc4cccnc4)[nH]3)c(-c3ccncc3)n2)cc1. The highest BCUT2D eigenvalue weighted by Gasteiger charge is 2.19. The number of nitrogens with one attached hydrogen (secondary N) is 1. The Labute approximate surface area is 183 Å². The Balaban J connectivity index is 1.46. The summed E-state index contributed by atoms with van der Waals surface area (Å²) in [6.45, 7) is 0.599. The minimum absolute atomic E-state index is 0.599. The summed E-state index contributed by atoms with van der Waals surface area (Å²) in [5.41, 5.74) is 6.42. The number of hydrogen-bond donors (Lipinski definition) is 1. The van der Waals surface area contributed by atoms with Crippen molar-refractivity contribution in [1.29, 1.82) is 0 Å². The first-order valence-electron chi connectivity index (χ1n) is 10.2. The summed E-state index contributed by atoms with van der Waals surface area (Å²) in [6, 6.07) is 17.9. The Kier molecular flexibility index (Phi) is 4.31. The van der Waals surface area contributed by atoms with E-state index in [1.165, 1.54) is 0 Å². The van der Waals surface area contributed by atoms with E-state index in [1.54, 1.807) is 24.8 Å². The van der Waals surface area contributed by atoms with Gasteiger partial charge >= 0.3 is 0 Å². The molecule has 0 fully saturated rings. The number of aromatic amines is 1. The van der Waals surface area contributed by atoms with Gasteiger partial charge in [-0.15, -0.1) is 0 Å². The van der Waals surface area contributed by atoms with Crippen LogP contribution in [0, 0.1) is 0 Å². The smallest absolute Gasteiger partial charge is 0.177 e. The number of pyridine rings is 2. The molecule has 0 saturated heterocycles. The Morgan fingerprint density at radius 2 is 1.72 bits per heavy atom. The van der Waals surface area contributed by atoms with Crippen LogP contribution in [0.2, 0.25) is 0 Å². The maximum absolute atomic E-state index is 4.89. The molecule has 0 saturated carbocycles. The highest BCUT2D eigenvalue weighted by molar-refractivity contribution is 5.82. The third-order valence-electron chi connectivity index (χ3n) is 5.28. The summed E-state index contributed by atoms with van der Waals surface area (Å²) in [5, 5.41) is 9.35. The van der Waals surface area contributed by atoms with Gasteiger partial charge in [0.15, 0.2) is 5.65 Å². The molecular weight excluding hydrogens is 400 g/mol. The van der Waals surface area contributed by atoms with E-state index in [0.717, 1.165) is 45.1 Å². The fourth-order valence-electron chi connectivity index (χ4n) is 3.74. The lowest BCUT2D eigenvalue weighted by Gasteiger charge is -2.01. The average Bonchev–Trinajstić information content (AvgIpc) is 3.56. The number of nitrogens with zero attached hydrogens (tertiary/aromatic N) is 7. The molecule has 5 heterocycles. The van der Waals surface area contributed by atoms with E-state index in [1.807, 2.05) is 76.4 Å². The third kappa shape index (κ3) is 3.24. The van der Waals surface area contributed by atoms with Gasteiger partial charge in [-0.25, -0.2) is 14.3 Å². The molecule has 0 spiro atoms. The minimum atomic E-state index is 0.599. The van der Waals surface area contributed by atoms with Gasteiger partial charge in [-0.1, -0.05) is 24.3 Å². The molecule has 6 rings (SSSR count). The van der Waals surface area contributed by atoms with Crippen molar-refractivity contribution in [3.05, 3.63) is 97.3 Å². The maximum Gasteiger partial charge on any atom is 0.177 e. The standard InChI is InChI=1S/C24H18N8/c1-2-6-19(7-3-1)31-16-20(22(30-31)18-8-11-25-12-9-18)23-28-21-14-27-32(24(21)29-23)15-17-5-4-10-26-13-17/h1-14,16H,15H2,(H,28,29). The molecule has 1 aromatic carbocycles. The van der Waals surface area contributed by atoms with Gasteiger partial charge in [0.1, 0.15) is 17.0 Å². The molecule has 8 nitrogen and oxygen atoms in total. The van der Waals surface area contributed by atoms with Crippen LogP contribution in [-0.2, 0) is 6.54 Å². The van der Waals surface area contributed by atoms with Crippen LogP contribution in [0.3, 0.4) is 0 Å². The maximum atomic E-state index is 4.89. The van der Waals surface area contributed by atoms with Gasteiger partial charge in [-0.3, -0.25) is 9.97 Å². The van der Waals surface area contributed by atoms with E-state index in [-0.39, 0.29) is 0 Å². The fourth-order valence-corrected chi connectivity index (χ4v) is 3.74. The van der Waals surface area contributed by atoms with Crippen LogP contribution < -0.4 is 0 Å². The van der Waals surface area contributed by atoms with Gasteiger partial charge in [-0.05, 0) is 35.9 Å². The molecule has 0 amide bonds. The predicted molar refractivity (Wildman–Crippen MR) is 121 cm³/mol. The van der Waals surface area contributed by atoms with Crippen molar-refractivity contribution in [2.75, 3.05) is 0 Å². The first kappa shape index (κ1) is 18.2. The monoisotopic (exact) mass is 418 g/mol. The van der Waals surface area contributed by atoms with Crippen LogP contribution in [-0.4, -0.2) is 39.5 Å². The molecule has 0 bridgehead atoms. The average molecular weight is 418 g/mol. The van der Waals surface area contributed by atoms with Gasteiger partial charge in [0.2, 0.25) is 0 Å². The fraction of sp³-hybridized carbons (Fsp3) is 0.0417. The molecule has 0 atom stereocenters. The van der Waals surface area contributed by atoms with Gasteiger partial charge in [0.25, 0.3) is 0 Å².